The van der Waals surface area contributed by atoms with E-state index >= 15 is 0 Å². The van der Waals surface area contributed by atoms with Gasteiger partial charge in [0.05, 0.1) is 39.3 Å². The quantitative estimate of drug-likeness (QED) is 0.854. The molecule has 0 saturated carbocycles. The predicted molar refractivity (Wildman–Crippen MR) is 65.6 cm³/mol. The van der Waals surface area contributed by atoms with Gasteiger partial charge in [-0.1, -0.05) is 5.21 Å². The summed E-state index contributed by atoms with van der Waals surface area (Å²) < 4.78 is 12.1. The molecule has 6 heteroatoms. The van der Waals surface area contributed by atoms with Crippen molar-refractivity contribution in [2.45, 2.75) is 6.54 Å². The number of benzene rings is 1. The molecule has 0 saturated heterocycles. The lowest BCUT2D eigenvalue weighted by atomic mass is 10.1. The van der Waals surface area contributed by atoms with Gasteiger partial charge in [-0.15, -0.1) is 5.10 Å². The van der Waals surface area contributed by atoms with Crippen molar-refractivity contribution < 1.29 is 14.6 Å². The van der Waals surface area contributed by atoms with Crippen LogP contribution < -0.4 is 9.47 Å². The largest absolute Gasteiger partial charge is 0.493 e. The third-order valence-corrected chi connectivity index (χ3v) is 2.61. The van der Waals surface area contributed by atoms with Gasteiger partial charge in [0.15, 0.2) is 11.5 Å². The molecular weight excluding hydrogens is 234 g/mol. The normalized spacial score (nSPS) is 10.4. The first kappa shape index (κ1) is 12.4. The molecule has 18 heavy (non-hydrogen) atoms. The molecule has 0 amide bonds. The molecule has 0 bridgehead atoms. The van der Waals surface area contributed by atoms with Crippen LogP contribution in [0.25, 0.3) is 11.3 Å². The third kappa shape index (κ3) is 2.28. The van der Waals surface area contributed by atoms with E-state index in [1.54, 1.807) is 25.1 Å². The number of nitrogens with zero attached hydrogens (tertiary/aromatic N) is 3. The van der Waals surface area contributed by atoms with Crippen LogP contribution in [0.4, 0.5) is 0 Å². The second-order valence-electron chi connectivity index (χ2n) is 3.64. The lowest BCUT2D eigenvalue weighted by Crippen LogP contribution is -2.05. The molecule has 1 N–H and O–H groups in total. The Morgan fingerprint density at radius 2 is 2.00 bits per heavy atom. The van der Waals surface area contributed by atoms with E-state index in [1.807, 2.05) is 18.2 Å². The first-order chi connectivity index (χ1) is 8.80. The lowest BCUT2D eigenvalue weighted by molar-refractivity contribution is 0.269. The first-order valence-electron chi connectivity index (χ1n) is 5.52. The number of methoxy groups -OCH3 is 2. The highest BCUT2D eigenvalue weighted by atomic mass is 16.5. The van der Waals surface area contributed by atoms with Crippen molar-refractivity contribution >= 4 is 0 Å². The van der Waals surface area contributed by atoms with Gasteiger partial charge >= 0.3 is 0 Å². The van der Waals surface area contributed by atoms with Gasteiger partial charge in [-0.05, 0) is 18.2 Å². The van der Waals surface area contributed by atoms with E-state index in [-0.39, 0.29) is 6.61 Å². The van der Waals surface area contributed by atoms with Crippen LogP contribution in [0.5, 0.6) is 11.5 Å². The van der Waals surface area contributed by atoms with E-state index < -0.39 is 0 Å². The summed E-state index contributed by atoms with van der Waals surface area (Å²) in [6, 6.07) is 5.57. The summed E-state index contributed by atoms with van der Waals surface area (Å²) in [7, 11) is 3.18. The summed E-state index contributed by atoms with van der Waals surface area (Å²) in [4.78, 5) is 0. The van der Waals surface area contributed by atoms with Crippen LogP contribution in [0.1, 0.15) is 0 Å². The van der Waals surface area contributed by atoms with Crippen molar-refractivity contribution in [2.75, 3.05) is 20.8 Å². The Morgan fingerprint density at radius 1 is 1.22 bits per heavy atom. The van der Waals surface area contributed by atoms with Crippen LogP contribution in [0.15, 0.2) is 24.4 Å². The van der Waals surface area contributed by atoms with E-state index in [0.717, 1.165) is 11.3 Å². The summed E-state index contributed by atoms with van der Waals surface area (Å²) >= 11 is 0. The van der Waals surface area contributed by atoms with Crippen LogP contribution in [0.2, 0.25) is 0 Å². The molecule has 0 aliphatic rings. The molecule has 0 aliphatic carbocycles. The van der Waals surface area contributed by atoms with Crippen LogP contribution >= 0.6 is 0 Å². The zero-order valence-electron chi connectivity index (χ0n) is 10.3. The Hall–Kier alpha value is -2.08. The standard InChI is InChI=1S/C12H15N3O3/c1-17-11-4-3-9(7-12(11)18-2)10-8-13-14-15(10)5-6-16/h3-4,7-8,16H,5-6H2,1-2H3. The monoisotopic (exact) mass is 249 g/mol. The van der Waals surface area contributed by atoms with Gasteiger partial charge in [0.1, 0.15) is 0 Å². The summed E-state index contributed by atoms with van der Waals surface area (Å²) in [6.07, 6.45) is 1.65. The van der Waals surface area contributed by atoms with Gasteiger partial charge < -0.3 is 14.6 Å². The zero-order chi connectivity index (χ0) is 13.0. The summed E-state index contributed by atoms with van der Waals surface area (Å²) in [5.74, 6) is 1.31. The number of aliphatic hydroxyl groups excluding tert-OH is 1. The molecule has 0 fully saturated rings. The minimum Gasteiger partial charge on any atom is -0.493 e. The number of rotatable bonds is 5. The molecule has 1 aromatic heterocycles. The average Bonchev–Trinajstić information content (AvgIpc) is 2.86. The van der Waals surface area contributed by atoms with Crippen molar-refractivity contribution in [3.63, 3.8) is 0 Å². The number of ether oxygens (including phenoxy) is 2. The minimum absolute atomic E-state index is 0.0175. The third-order valence-electron chi connectivity index (χ3n) is 2.61. The molecule has 0 radical (unpaired) electrons. The summed E-state index contributed by atoms with van der Waals surface area (Å²) in [5, 5.41) is 16.7. The van der Waals surface area contributed by atoms with E-state index in [0.29, 0.717) is 18.0 Å². The van der Waals surface area contributed by atoms with E-state index in [1.165, 1.54) is 0 Å². The maximum absolute atomic E-state index is 8.96. The zero-order valence-corrected chi connectivity index (χ0v) is 10.3. The number of aliphatic hydroxyl groups is 1. The first-order valence-corrected chi connectivity index (χ1v) is 5.52. The van der Waals surface area contributed by atoms with Gasteiger partial charge in [-0.25, -0.2) is 4.68 Å². The average molecular weight is 249 g/mol. The topological polar surface area (TPSA) is 69.4 Å². The Kier molecular flexibility index (Phi) is 3.78. The molecular formula is C12H15N3O3. The highest BCUT2D eigenvalue weighted by Gasteiger charge is 2.10. The molecule has 6 nitrogen and oxygen atoms in total. The fourth-order valence-electron chi connectivity index (χ4n) is 1.74. The lowest BCUT2D eigenvalue weighted by Gasteiger charge is -2.10. The van der Waals surface area contributed by atoms with Gasteiger partial charge in [0.2, 0.25) is 0 Å². The van der Waals surface area contributed by atoms with Crippen molar-refractivity contribution in [1.29, 1.82) is 0 Å². The van der Waals surface area contributed by atoms with E-state index in [9.17, 15) is 0 Å². The summed E-state index contributed by atoms with van der Waals surface area (Å²) in [6.45, 7) is 0.424. The number of aromatic nitrogens is 3. The smallest absolute Gasteiger partial charge is 0.161 e. The van der Waals surface area contributed by atoms with Crippen LogP contribution in [-0.2, 0) is 6.54 Å². The predicted octanol–water partition coefficient (Wildman–Crippen LogP) is 0.955. The highest BCUT2D eigenvalue weighted by molar-refractivity contribution is 5.63. The molecule has 1 heterocycles. The molecule has 96 valence electrons. The van der Waals surface area contributed by atoms with Gasteiger partial charge in [-0.2, -0.15) is 0 Å². The number of hydrogen-bond donors (Lipinski definition) is 1. The molecule has 0 aliphatic heterocycles. The molecule has 1 aromatic carbocycles. The van der Waals surface area contributed by atoms with Crippen molar-refractivity contribution in [3.8, 4) is 22.8 Å². The van der Waals surface area contributed by atoms with Crippen molar-refractivity contribution in [1.82, 2.24) is 15.0 Å². The van der Waals surface area contributed by atoms with E-state index in [2.05, 4.69) is 10.3 Å². The molecule has 0 spiro atoms. The van der Waals surface area contributed by atoms with Crippen molar-refractivity contribution in [3.05, 3.63) is 24.4 Å². The molecule has 2 rings (SSSR count). The Bertz CT molecular complexity index is 525. The van der Waals surface area contributed by atoms with Gasteiger partial charge in [-0.3, -0.25) is 0 Å². The Labute approximate surface area is 105 Å². The fraction of sp³-hybridized carbons (Fsp3) is 0.333. The maximum atomic E-state index is 8.96. The number of hydrogen-bond acceptors (Lipinski definition) is 5. The maximum Gasteiger partial charge on any atom is 0.161 e. The second kappa shape index (κ2) is 5.50. The molecule has 2 aromatic rings. The molecule has 0 atom stereocenters. The minimum atomic E-state index is 0.0175. The SMILES string of the molecule is COc1ccc(-c2cnnn2CCO)cc1OC. The van der Waals surface area contributed by atoms with Gasteiger partial charge in [0, 0.05) is 5.56 Å². The molecule has 0 unspecified atom stereocenters. The summed E-state index contributed by atoms with van der Waals surface area (Å²) in [5.41, 5.74) is 1.73. The second-order valence-corrected chi connectivity index (χ2v) is 3.64. The fourth-order valence-corrected chi connectivity index (χ4v) is 1.74. The van der Waals surface area contributed by atoms with E-state index in [4.69, 9.17) is 14.6 Å². The van der Waals surface area contributed by atoms with Crippen LogP contribution in [0.3, 0.4) is 0 Å². The highest BCUT2D eigenvalue weighted by Crippen LogP contribution is 2.31. The Balaban J connectivity index is 2.41. The Morgan fingerprint density at radius 3 is 2.67 bits per heavy atom. The van der Waals surface area contributed by atoms with Crippen LogP contribution in [0, 0.1) is 0 Å². The van der Waals surface area contributed by atoms with Crippen LogP contribution in [-0.4, -0.2) is 40.9 Å². The van der Waals surface area contributed by atoms with Crippen molar-refractivity contribution in [2.24, 2.45) is 0 Å². The van der Waals surface area contributed by atoms with Gasteiger partial charge in [0.25, 0.3) is 0 Å².